The lowest BCUT2D eigenvalue weighted by molar-refractivity contribution is -0.135. The number of hydrogen-bond donors (Lipinski definition) is 1. The number of hydrogen-bond acceptors (Lipinski definition) is 4. The zero-order chi connectivity index (χ0) is 15.2. The summed E-state index contributed by atoms with van der Waals surface area (Å²) >= 11 is 1.11. The number of thiophene rings is 1. The van der Waals surface area contributed by atoms with Crippen molar-refractivity contribution in [2.45, 2.75) is 44.9 Å². The Labute approximate surface area is 119 Å². The van der Waals surface area contributed by atoms with E-state index in [9.17, 15) is 23.1 Å². The first-order chi connectivity index (χ1) is 9.33. The lowest BCUT2D eigenvalue weighted by Crippen LogP contribution is -2.06. The third-order valence-electron chi connectivity index (χ3n) is 2.62. The molecule has 1 unspecified atom stereocenters. The summed E-state index contributed by atoms with van der Waals surface area (Å²) < 4.78 is 40.7. The van der Waals surface area contributed by atoms with Crippen LogP contribution < -0.4 is 0 Å². The van der Waals surface area contributed by atoms with E-state index in [-0.39, 0.29) is 25.9 Å². The van der Waals surface area contributed by atoms with Crippen LogP contribution in [-0.4, -0.2) is 23.9 Å². The molecule has 0 saturated heterocycles. The van der Waals surface area contributed by atoms with E-state index < -0.39 is 24.7 Å². The van der Waals surface area contributed by atoms with Crippen LogP contribution in [0, 0.1) is 0 Å². The molecular formula is C13H17F3O3S. The van der Waals surface area contributed by atoms with E-state index in [1.165, 1.54) is 0 Å². The number of alkyl halides is 3. The summed E-state index contributed by atoms with van der Waals surface area (Å²) in [5, 5.41) is 9.85. The first-order valence-electron chi connectivity index (χ1n) is 6.35. The molecule has 0 aromatic carbocycles. The lowest BCUT2D eigenvalue weighted by atomic mass is 10.1. The van der Waals surface area contributed by atoms with Gasteiger partial charge >= 0.3 is 12.1 Å². The number of esters is 1. The van der Waals surface area contributed by atoms with E-state index in [0.717, 1.165) is 11.3 Å². The van der Waals surface area contributed by atoms with E-state index >= 15 is 0 Å². The van der Waals surface area contributed by atoms with Crippen molar-refractivity contribution in [1.82, 2.24) is 0 Å². The van der Waals surface area contributed by atoms with Crippen molar-refractivity contribution in [1.29, 1.82) is 0 Å². The highest BCUT2D eigenvalue weighted by Gasteiger charge is 2.26. The molecule has 0 amide bonds. The predicted molar refractivity (Wildman–Crippen MR) is 69.8 cm³/mol. The number of carbonyl (C=O) groups is 1. The van der Waals surface area contributed by atoms with Gasteiger partial charge in [-0.15, -0.1) is 11.3 Å². The minimum atomic E-state index is -4.15. The second kappa shape index (κ2) is 7.64. The van der Waals surface area contributed by atoms with Crippen molar-refractivity contribution < 1.29 is 27.8 Å². The average Bonchev–Trinajstić information content (AvgIpc) is 2.83. The molecule has 1 heterocycles. The van der Waals surface area contributed by atoms with Gasteiger partial charge in [-0.05, 0) is 31.9 Å². The van der Waals surface area contributed by atoms with Gasteiger partial charge in [-0.3, -0.25) is 0 Å². The number of unbranched alkanes of at least 4 members (excludes halogenated alkanes) is 1. The number of aliphatic hydroxyl groups excluding tert-OH is 1. The second-order valence-electron chi connectivity index (χ2n) is 4.30. The van der Waals surface area contributed by atoms with Crippen molar-refractivity contribution in [3.05, 3.63) is 21.9 Å². The molecule has 0 bridgehead atoms. The quantitative estimate of drug-likeness (QED) is 0.610. The summed E-state index contributed by atoms with van der Waals surface area (Å²) in [5.74, 6) is -0.451. The van der Waals surface area contributed by atoms with Crippen LogP contribution in [0.2, 0.25) is 0 Å². The Morgan fingerprint density at radius 1 is 1.40 bits per heavy atom. The van der Waals surface area contributed by atoms with E-state index in [1.807, 2.05) is 0 Å². The summed E-state index contributed by atoms with van der Waals surface area (Å²) in [6.07, 6.45) is -5.29. The number of aliphatic hydroxyl groups is 1. The molecule has 0 radical (unpaired) electrons. The molecular weight excluding hydrogens is 293 g/mol. The SMILES string of the molecule is CCOC(=O)c1ccc(C(O)CCCCC(F)(F)F)s1. The number of halogens is 3. The number of ether oxygens (including phenoxy) is 1. The largest absolute Gasteiger partial charge is 0.462 e. The molecule has 0 aliphatic heterocycles. The highest BCUT2D eigenvalue weighted by atomic mass is 32.1. The Morgan fingerprint density at radius 3 is 2.70 bits per heavy atom. The van der Waals surface area contributed by atoms with Crippen LogP contribution in [0.15, 0.2) is 12.1 Å². The van der Waals surface area contributed by atoms with Gasteiger partial charge in [-0.25, -0.2) is 4.79 Å². The first-order valence-corrected chi connectivity index (χ1v) is 7.17. The molecule has 0 fully saturated rings. The first kappa shape index (κ1) is 17.0. The van der Waals surface area contributed by atoms with Gasteiger partial charge in [0.1, 0.15) is 4.88 Å². The van der Waals surface area contributed by atoms with Crippen LogP contribution in [0.4, 0.5) is 13.2 Å². The predicted octanol–water partition coefficient (Wildman–Crippen LogP) is 4.08. The molecule has 1 rings (SSSR count). The third-order valence-corrected chi connectivity index (χ3v) is 3.79. The van der Waals surface area contributed by atoms with E-state index in [1.54, 1.807) is 19.1 Å². The Kier molecular flexibility index (Phi) is 6.48. The maximum absolute atomic E-state index is 12.0. The van der Waals surface area contributed by atoms with E-state index in [2.05, 4.69) is 0 Å². The minimum absolute atomic E-state index is 0.00330. The van der Waals surface area contributed by atoms with E-state index in [4.69, 9.17) is 4.74 Å². The molecule has 7 heteroatoms. The fraction of sp³-hybridized carbons (Fsp3) is 0.615. The van der Waals surface area contributed by atoms with Gasteiger partial charge in [-0.2, -0.15) is 13.2 Å². The molecule has 0 aliphatic carbocycles. The fourth-order valence-electron chi connectivity index (χ4n) is 1.65. The molecule has 20 heavy (non-hydrogen) atoms. The fourth-order valence-corrected chi connectivity index (χ4v) is 2.57. The summed E-state index contributed by atoms with van der Waals surface area (Å²) in [7, 11) is 0. The molecule has 0 spiro atoms. The van der Waals surface area contributed by atoms with Crippen LogP contribution in [0.25, 0.3) is 0 Å². The summed E-state index contributed by atoms with van der Waals surface area (Å²) in [6, 6.07) is 3.16. The number of rotatable bonds is 7. The molecule has 1 aromatic heterocycles. The van der Waals surface area contributed by atoms with Gasteiger partial charge in [0.05, 0.1) is 12.7 Å². The van der Waals surface area contributed by atoms with Crippen molar-refractivity contribution in [3.8, 4) is 0 Å². The normalized spacial score (nSPS) is 13.2. The summed E-state index contributed by atoms with van der Waals surface area (Å²) in [6.45, 7) is 1.97. The highest BCUT2D eigenvalue weighted by molar-refractivity contribution is 7.14. The average molecular weight is 310 g/mol. The summed E-state index contributed by atoms with van der Waals surface area (Å²) in [5.41, 5.74) is 0. The van der Waals surface area contributed by atoms with Crippen LogP contribution >= 0.6 is 11.3 Å². The second-order valence-corrected chi connectivity index (χ2v) is 5.41. The Balaban J connectivity index is 2.40. The van der Waals surface area contributed by atoms with Crippen molar-refractivity contribution in [2.75, 3.05) is 6.61 Å². The Hall–Kier alpha value is -1.08. The maximum Gasteiger partial charge on any atom is 0.389 e. The van der Waals surface area contributed by atoms with Gasteiger partial charge in [-0.1, -0.05) is 6.42 Å². The standard InChI is InChI=1S/C13H17F3O3S/c1-2-19-12(18)11-7-6-10(20-11)9(17)5-3-4-8-13(14,15)16/h6-7,9,17H,2-5,8H2,1H3. The molecule has 3 nitrogen and oxygen atoms in total. The number of carbonyl (C=O) groups excluding carboxylic acids is 1. The van der Waals surface area contributed by atoms with Gasteiger partial charge in [0.2, 0.25) is 0 Å². The molecule has 0 saturated carbocycles. The van der Waals surface area contributed by atoms with Gasteiger partial charge in [0.15, 0.2) is 0 Å². The third kappa shape index (κ3) is 5.92. The Bertz CT molecular complexity index is 429. The monoisotopic (exact) mass is 310 g/mol. The van der Waals surface area contributed by atoms with Crippen molar-refractivity contribution in [2.24, 2.45) is 0 Å². The smallest absolute Gasteiger partial charge is 0.389 e. The zero-order valence-corrected chi connectivity index (χ0v) is 11.9. The lowest BCUT2D eigenvalue weighted by Gasteiger charge is -2.09. The minimum Gasteiger partial charge on any atom is -0.462 e. The molecule has 0 aliphatic rings. The van der Waals surface area contributed by atoms with E-state index in [0.29, 0.717) is 9.75 Å². The van der Waals surface area contributed by atoms with Crippen molar-refractivity contribution >= 4 is 17.3 Å². The molecule has 1 N–H and O–H groups in total. The van der Waals surface area contributed by atoms with Crippen LogP contribution in [0.1, 0.15) is 53.3 Å². The van der Waals surface area contributed by atoms with Crippen molar-refractivity contribution in [3.63, 3.8) is 0 Å². The summed E-state index contributed by atoms with van der Waals surface area (Å²) in [4.78, 5) is 12.4. The Morgan fingerprint density at radius 2 is 2.10 bits per heavy atom. The van der Waals surface area contributed by atoms with Crippen LogP contribution in [-0.2, 0) is 4.74 Å². The zero-order valence-electron chi connectivity index (χ0n) is 11.1. The van der Waals surface area contributed by atoms with Crippen LogP contribution in [0.3, 0.4) is 0 Å². The maximum atomic E-state index is 12.0. The van der Waals surface area contributed by atoms with Gasteiger partial charge in [0, 0.05) is 11.3 Å². The highest BCUT2D eigenvalue weighted by Crippen LogP contribution is 2.29. The molecule has 114 valence electrons. The molecule has 1 atom stereocenters. The topological polar surface area (TPSA) is 46.5 Å². The van der Waals surface area contributed by atoms with Crippen LogP contribution in [0.5, 0.6) is 0 Å². The van der Waals surface area contributed by atoms with Gasteiger partial charge in [0.25, 0.3) is 0 Å². The molecule has 1 aromatic rings. The van der Waals surface area contributed by atoms with Gasteiger partial charge < -0.3 is 9.84 Å².